The van der Waals surface area contributed by atoms with E-state index in [-0.39, 0.29) is 27.2 Å². The molecule has 5 rings (SSSR count). The lowest BCUT2D eigenvalue weighted by molar-refractivity contribution is -0.132. The Morgan fingerprint density at radius 2 is 2.00 bits per heavy atom. The van der Waals surface area contributed by atoms with E-state index in [0.717, 1.165) is 21.8 Å². The Hall–Kier alpha value is -4.05. The molecule has 1 amide bonds. The summed E-state index contributed by atoms with van der Waals surface area (Å²) in [5, 5.41) is 11.3. The van der Waals surface area contributed by atoms with Crippen LogP contribution in [0.25, 0.3) is 5.76 Å². The van der Waals surface area contributed by atoms with E-state index in [1.165, 1.54) is 25.3 Å². The van der Waals surface area contributed by atoms with E-state index in [4.69, 9.17) is 9.47 Å². The molecule has 2 aliphatic rings. The third kappa shape index (κ3) is 3.74. The van der Waals surface area contributed by atoms with Gasteiger partial charge in [0.2, 0.25) is 0 Å². The average Bonchev–Trinajstić information content (AvgIpc) is 3.50. The van der Waals surface area contributed by atoms with E-state index >= 15 is 4.39 Å². The fraction of sp³-hybridized carbons (Fsp3) is 0.231. The van der Waals surface area contributed by atoms with Gasteiger partial charge in [-0.2, -0.15) is 0 Å². The molecular weight excluding hydrogens is 487 g/mol. The van der Waals surface area contributed by atoms with Crippen LogP contribution in [0.2, 0.25) is 0 Å². The van der Waals surface area contributed by atoms with Gasteiger partial charge in [-0.3, -0.25) is 14.5 Å². The molecule has 36 heavy (non-hydrogen) atoms. The van der Waals surface area contributed by atoms with Gasteiger partial charge in [-0.25, -0.2) is 14.2 Å². The molecule has 1 fully saturated rings. The predicted octanol–water partition coefficient (Wildman–Crippen LogP) is 4.33. The van der Waals surface area contributed by atoms with Crippen molar-refractivity contribution in [1.82, 2.24) is 4.98 Å². The number of aryl methyl sites for hydroxylation is 1. The summed E-state index contributed by atoms with van der Waals surface area (Å²) >= 11 is 0.850. The number of aliphatic hydroxyl groups excluding tert-OH is 1. The van der Waals surface area contributed by atoms with Crippen molar-refractivity contribution in [3.05, 3.63) is 81.1 Å². The van der Waals surface area contributed by atoms with Crippen molar-refractivity contribution >= 4 is 39.9 Å². The lowest BCUT2D eigenvalue weighted by atomic mass is 9.94. The van der Waals surface area contributed by atoms with Gasteiger partial charge < -0.3 is 14.6 Å². The molecule has 184 valence electrons. The minimum absolute atomic E-state index is 0.00355. The number of carbonyl (C=O) groups excluding carboxylic acids is 3. The number of amides is 1. The normalized spacial score (nSPS) is 20.4. The van der Waals surface area contributed by atoms with Gasteiger partial charge in [-0.1, -0.05) is 29.5 Å². The van der Waals surface area contributed by atoms with Crippen LogP contribution in [-0.4, -0.2) is 41.0 Å². The van der Waals surface area contributed by atoms with Crippen LogP contribution < -0.4 is 9.64 Å². The quantitative estimate of drug-likeness (QED) is 0.242. The second-order valence-corrected chi connectivity index (χ2v) is 9.53. The fourth-order valence-corrected chi connectivity index (χ4v) is 5.52. The van der Waals surface area contributed by atoms with Crippen molar-refractivity contribution in [1.29, 1.82) is 0 Å². The molecule has 8 nitrogen and oxygen atoms in total. The first-order valence-corrected chi connectivity index (χ1v) is 11.9. The molecule has 2 aromatic carbocycles. The molecule has 1 N–H and O–H groups in total. The number of rotatable bonds is 4. The van der Waals surface area contributed by atoms with Crippen molar-refractivity contribution in [3.8, 4) is 5.75 Å². The summed E-state index contributed by atoms with van der Waals surface area (Å²) in [6.07, 6.45) is 0.592. The van der Waals surface area contributed by atoms with Crippen LogP contribution in [0.3, 0.4) is 0 Å². The minimum Gasteiger partial charge on any atom is -0.507 e. The van der Waals surface area contributed by atoms with Crippen molar-refractivity contribution < 1.29 is 33.4 Å². The van der Waals surface area contributed by atoms with Gasteiger partial charge in [0.05, 0.1) is 18.4 Å². The zero-order valence-electron chi connectivity index (χ0n) is 19.6. The van der Waals surface area contributed by atoms with E-state index in [2.05, 4.69) is 4.98 Å². The van der Waals surface area contributed by atoms with Gasteiger partial charge >= 0.3 is 11.9 Å². The van der Waals surface area contributed by atoms with E-state index < -0.39 is 35.3 Å². The van der Waals surface area contributed by atoms with Gasteiger partial charge in [0, 0.05) is 17.5 Å². The van der Waals surface area contributed by atoms with Gasteiger partial charge in [-0.05, 0) is 43.7 Å². The molecule has 0 saturated carbocycles. The molecule has 0 bridgehead atoms. The van der Waals surface area contributed by atoms with Crippen molar-refractivity contribution in [2.24, 2.45) is 0 Å². The minimum atomic E-state index is -1.30. The smallest absolute Gasteiger partial charge is 0.350 e. The monoisotopic (exact) mass is 508 g/mol. The number of fused-ring (bicyclic) bond motifs is 1. The van der Waals surface area contributed by atoms with Crippen LogP contribution >= 0.6 is 11.3 Å². The first-order valence-electron chi connectivity index (χ1n) is 11.1. The Morgan fingerprint density at radius 3 is 2.72 bits per heavy atom. The Labute approximate surface area is 209 Å². The molecule has 3 aromatic rings. The number of methoxy groups -OCH3 is 1. The van der Waals surface area contributed by atoms with Crippen molar-refractivity contribution in [2.75, 3.05) is 12.0 Å². The summed E-state index contributed by atoms with van der Waals surface area (Å²) in [7, 11) is 1.22. The van der Waals surface area contributed by atoms with Gasteiger partial charge in [0.15, 0.2) is 5.13 Å². The first-order chi connectivity index (χ1) is 17.2. The number of thiazole rings is 1. The number of halogens is 1. The maximum absolute atomic E-state index is 15.1. The highest BCUT2D eigenvalue weighted by Gasteiger charge is 2.49. The molecule has 3 heterocycles. The highest BCUT2D eigenvalue weighted by molar-refractivity contribution is 7.17. The topological polar surface area (TPSA) is 106 Å². The predicted molar refractivity (Wildman–Crippen MR) is 130 cm³/mol. The maximum Gasteiger partial charge on any atom is 0.350 e. The summed E-state index contributed by atoms with van der Waals surface area (Å²) in [6, 6.07) is 9.36. The second-order valence-electron chi connectivity index (χ2n) is 8.55. The van der Waals surface area contributed by atoms with Crippen LogP contribution in [0, 0.1) is 12.7 Å². The number of ether oxygens (including phenoxy) is 2. The third-order valence-electron chi connectivity index (χ3n) is 6.18. The van der Waals surface area contributed by atoms with Crippen molar-refractivity contribution in [3.63, 3.8) is 0 Å². The molecular formula is C26H21FN2O6S. The van der Waals surface area contributed by atoms with Crippen LogP contribution in [-0.2, 0) is 20.7 Å². The van der Waals surface area contributed by atoms with Gasteiger partial charge in [-0.15, -0.1) is 0 Å². The molecule has 0 spiro atoms. The number of aromatic nitrogens is 1. The summed E-state index contributed by atoms with van der Waals surface area (Å²) in [6.45, 7) is 3.48. The number of ketones is 1. The second kappa shape index (κ2) is 8.87. The number of Topliss-reactive ketones (excluding diaryl/α,β-unsaturated/α-hetero) is 1. The van der Waals surface area contributed by atoms with Gasteiger partial charge in [0.1, 0.15) is 34.3 Å². The molecule has 1 aromatic heterocycles. The number of hydrogen-bond donors (Lipinski definition) is 1. The maximum atomic E-state index is 15.1. The molecule has 0 aliphatic carbocycles. The highest BCUT2D eigenvalue weighted by atomic mass is 32.1. The standard InChI is InChI=1S/C26H21FN2O6S/c1-12-10-15-11-14(8-9-18(15)35-12)21(30)19-20(16-6-4-5-7-17(16)27)29(24(32)22(19)31)26-28-13(2)23(36-26)25(33)34-3/h4-9,11-12,20,30H,10H2,1-3H3/b21-19-. The van der Waals surface area contributed by atoms with E-state index in [1.54, 1.807) is 31.2 Å². The summed E-state index contributed by atoms with van der Waals surface area (Å²) in [5.41, 5.74) is 1.18. The molecule has 10 heteroatoms. The van der Waals surface area contributed by atoms with Gasteiger partial charge in [0.25, 0.3) is 5.78 Å². The number of esters is 1. The SMILES string of the molecule is COC(=O)c1sc(N2C(=O)C(=O)/C(=C(\O)c3ccc4c(c3)CC(C)O4)C2c2ccccc2F)nc1C. The zero-order chi connectivity index (χ0) is 25.7. The lowest BCUT2D eigenvalue weighted by Gasteiger charge is -2.23. The van der Waals surface area contributed by atoms with Crippen LogP contribution in [0.15, 0.2) is 48.0 Å². The number of anilines is 1. The number of hydrogen-bond acceptors (Lipinski definition) is 8. The molecule has 2 unspecified atom stereocenters. The van der Waals surface area contributed by atoms with Crippen LogP contribution in [0.5, 0.6) is 5.75 Å². The molecule has 2 aliphatic heterocycles. The summed E-state index contributed by atoms with van der Waals surface area (Å²) in [4.78, 5) is 44.2. The summed E-state index contributed by atoms with van der Waals surface area (Å²) < 4.78 is 25.5. The number of nitrogens with zero attached hydrogens (tertiary/aromatic N) is 2. The Balaban J connectivity index is 1.70. The third-order valence-corrected chi connectivity index (χ3v) is 7.31. The van der Waals surface area contributed by atoms with E-state index in [9.17, 15) is 19.5 Å². The highest BCUT2D eigenvalue weighted by Crippen LogP contribution is 2.45. The number of carbonyl (C=O) groups is 3. The Morgan fingerprint density at radius 1 is 1.25 bits per heavy atom. The molecule has 1 saturated heterocycles. The van der Waals surface area contributed by atoms with E-state index in [1.807, 2.05) is 6.92 Å². The van der Waals surface area contributed by atoms with Crippen LogP contribution in [0.1, 0.15) is 45.0 Å². The van der Waals surface area contributed by atoms with E-state index in [0.29, 0.717) is 23.4 Å². The fourth-order valence-electron chi connectivity index (χ4n) is 4.51. The molecule has 2 atom stereocenters. The Kier molecular flexibility index (Phi) is 5.83. The van der Waals surface area contributed by atoms with Crippen LogP contribution in [0.4, 0.5) is 9.52 Å². The molecule has 0 radical (unpaired) electrons. The first kappa shape index (κ1) is 23.7. The Bertz CT molecular complexity index is 1460. The average molecular weight is 509 g/mol. The van der Waals surface area contributed by atoms with Crippen molar-refractivity contribution in [2.45, 2.75) is 32.4 Å². The largest absolute Gasteiger partial charge is 0.507 e. The number of aliphatic hydroxyl groups is 1. The number of benzene rings is 2. The summed E-state index contributed by atoms with van der Waals surface area (Å²) in [5.74, 6) is -3.05. The zero-order valence-corrected chi connectivity index (χ0v) is 20.4. The lowest BCUT2D eigenvalue weighted by Crippen LogP contribution is -2.29.